The van der Waals surface area contributed by atoms with Gasteiger partial charge in [0.2, 0.25) is 5.91 Å². The average Bonchev–Trinajstić information content (AvgIpc) is 2.23. The van der Waals surface area contributed by atoms with E-state index in [9.17, 15) is 18.4 Å². The fourth-order valence-corrected chi connectivity index (χ4v) is 1.23. The summed E-state index contributed by atoms with van der Waals surface area (Å²) in [5.74, 6) is -1.91. The SMILES string of the molecule is CCCC(=O)NCCCC(N)(C(=O)O)C(F)F. The molecule has 7 heteroatoms. The van der Waals surface area contributed by atoms with E-state index in [2.05, 4.69) is 5.32 Å². The second kappa shape index (κ2) is 7.16. The number of carboxylic acid groups (broad SMARTS) is 1. The Bertz CT molecular complexity index is 274. The third-order valence-corrected chi connectivity index (χ3v) is 2.35. The molecule has 0 aliphatic carbocycles. The van der Waals surface area contributed by atoms with Crippen LogP contribution in [0.5, 0.6) is 0 Å². The zero-order valence-electron chi connectivity index (χ0n) is 9.71. The number of nitrogens with two attached hydrogens (primary N) is 1. The van der Waals surface area contributed by atoms with Crippen LogP contribution in [0.3, 0.4) is 0 Å². The van der Waals surface area contributed by atoms with Crippen molar-refractivity contribution in [3.8, 4) is 0 Å². The summed E-state index contributed by atoms with van der Waals surface area (Å²) in [5, 5.41) is 11.1. The average molecular weight is 252 g/mol. The smallest absolute Gasteiger partial charge is 0.329 e. The molecule has 0 rings (SSSR count). The molecule has 0 saturated heterocycles. The van der Waals surface area contributed by atoms with E-state index in [1.54, 1.807) is 0 Å². The molecule has 0 bridgehead atoms. The van der Waals surface area contributed by atoms with Crippen molar-refractivity contribution in [3.05, 3.63) is 0 Å². The molecule has 4 N–H and O–H groups in total. The van der Waals surface area contributed by atoms with Gasteiger partial charge in [-0.15, -0.1) is 0 Å². The Kier molecular flexibility index (Phi) is 6.64. The third-order valence-electron chi connectivity index (χ3n) is 2.35. The Labute approximate surface area is 98.4 Å². The first kappa shape index (κ1) is 15.8. The normalized spacial score (nSPS) is 14.4. The first-order valence-electron chi connectivity index (χ1n) is 5.41. The standard InChI is InChI=1S/C10H18F2N2O3/c1-2-4-7(15)14-6-3-5-10(13,8(11)12)9(16)17/h8H,2-6,13H2,1H3,(H,14,15)(H,16,17). The molecular weight excluding hydrogens is 234 g/mol. The molecule has 0 saturated carbocycles. The summed E-state index contributed by atoms with van der Waals surface area (Å²) in [6.45, 7) is 1.99. The highest BCUT2D eigenvalue weighted by Gasteiger charge is 2.43. The van der Waals surface area contributed by atoms with Crippen LogP contribution in [-0.4, -0.2) is 35.5 Å². The lowest BCUT2D eigenvalue weighted by Gasteiger charge is -2.23. The summed E-state index contributed by atoms with van der Waals surface area (Å²) in [5.41, 5.74) is 2.56. The molecule has 100 valence electrons. The quantitative estimate of drug-likeness (QED) is 0.555. The van der Waals surface area contributed by atoms with Crippen LogP contribution in [0, 0.1) is 0 Å². The number of nitrogens with one attached hydrogen (secondary N) is 1. The molecule has 0 fully saturated rings. The van der Waals surface area contributed by atoms with E-state index in [1.807, 2.05) is 6.92 Å². The fourth-order valence-electron chi connectivity index (χ4n) is 1.23. The molecule has 0 aromatic carbocycles. The monoisotopic (exact) mass is 252 g/mol. The third kappa shape index (κ3) is 5.08. The summed E-state index contributed by atoms with van der Waals surface area (Å²) in [4.78, 5) is 21.6. The van der Waals surface area contributed by atoms with Gasteiger partial charge in [0.1, 0.15) is 0 Å². The lowest BCUT2D eigenvalue weighted by Crippen LogP contribution is -2.54. The minimum Gasteiger partial charge on any atom is -0.480 e. The van der Waals surface area contributed by atoms with Gasteiger partial charge < -0.3 is 16.2 Å². The number of aliphatic carboxylic acids is 1. The molecule has 17 heavy (non-hydrogen) atoms. The second-order valence-electron chi connectivity index (χ2n) is 3.85. The molecule has 1 amide bonds. The van der Waals surface area contributed by atoms with Crippen molar-refractivity contribution in [3.63, 3.8) is 0 Å². The van der Waals surface area contributed by atoms with Crippen LogP contribution < -0.4 is 11.1 Å². The number of hydrogen-bond donors (Lipinski definition) is 3. The van der Waals surface area contributed by atoms with E-state index in [-0.39, 0.29) is 25.3 Å². The van der Waals surface area contributed by atoms with Crippen molar-refractivity contribution in [1.82, 2.24) is 5.32 Å². The number of carboxylic acids is 1. The largest absolute Gasteiger partial charge is 0.480 e. The molecule has 1 atom stereocenters. The van der Waals surface area contributed by atoms with Crippen molar-refractivity contribution in [2.24, 2.45) is 5.73 Å². The van der Waals surface area contributed by atoms with Crippen LogP contribution in [0.15, 0.2) is 0 Å². The van der Waals surface area contributed by atoms with E-state index < -0.39 is 17.9 Å². The van der Waals surface area contributed by atoms with Crippen molar-refractivity contribution in [2.75, 3.05) is 6.54 Å². The zero-order valence-corrected chi connectivity index (χ0v) is 9.71. The molecule has 5 nitrogen and oxygen atoms in total. The van der Waals surface area contributed by atoms with E-state index in [0.717, 1.165) is 0 Å². The summed E-state index contributed by atoms with van der Waals surface area (Å²) in [6.07, 6.45) is -2.36. The first-order valence-corrected chi connectivity index (χ1v) is 5.41. The number of amides is 1. The van der Waals surface area contributed by atoms with Crippen LogP contribution in [0.4, 0.5) is 8.78 Å². The topological polar surface area (TPSA) is 92.4 Å². The minimum absolute atomic E-state index is 0.0998. The predicted octanol–water partition coefficient (Wildman–Crippen LogP) is 0.730. The predicted molar refractivity (Wildman–Crippen MR) is 57.7 cm³/mol. The Balaban J connectivity index is 4.01. The molecule has 0 aliphatic rings. The summed E-state index contributed by atoms with van der Waals surface area (Å²) in [6, 6.07) is 0. The highest BCUT2D eigenvalue weighted by Crippen LogP contribution is 2.19. The van der Waals surface area contributed by atoms with Crippen LogP contribution >= 0.6 is 0 Å². The van der Waals surface area contributed by atoms with Gasteiger partial charge in [-0.2, -0.15) is 0 Å². The molecule has 0 aromatic heterocycles. The van der Waals surface area contributed by atoms with Crippen molar-refractivity contribution in [1.29, 1.82) is 0 Å². The van der Waals surface area contributed by atoms with Gasteiger partial charge in [0.15, 0.2) is 5.54 Å². The Hall–Kier alpha value is -1.24. The zero-order chi connectivity index (χ0) is 13.5. The Morgan fingerprint density at radius 2 is 2.06 bits per heavy atom. The second-order valence-corrected chi connectivity index (χ2v) is 3.85. The van der Waals surface area contributed by atoms with E-state index in [4.69, 9.17) is 10.8 Å². The van der Waals surface area contributed by atoms with Gasteiger partial charge in [0.25, 0.3) is 6.43 Å². The van der Waals surface area contributed by atoms with Crippen LogP contribution in [0.2, 0.25) is 0 Å². The van der Waals surface area contributed by atoms with Crippen LogP contribution in [0.1, 0.15) is 32.6 Å². The summed E-state index contributed by atoms with van der Waals surface area (Å²) >= 11 is 0. The maximum absolute atomic E-state index is 12.4. The maximum Gasteiger partial charge on any atom is 0.329 e. The number of carbonyl (C=O) groups is 2. The number of alkyl halides is 2. The first-order chi connectivity index (χ1) is 7.84. The van der Waals surface area contributed by atoms with E-state index >= 15 is 0 Å². The number of hydrogen-bond acceptors (Lipinski definition) is 3. The van der Waals surface area contributed by atoms with E-state index in [1.165, 1.54) is 0 Å². The summed E-state index contributed by atoms with van der Waals surface area (Å²) in [7, 11) is 0. The van der Waals surface area contributed by atoms with Gasteiger partial charge in [-0.25, -0.2) is 13.6 Å². The molecule has 0 aromatic rings. The maximum atomic E-state index is 12.4. The molecular formula is C10H18F2N2O3. The lowest BCUT2D eigenvalue weighted by atomic mass is 9.95. The van der Waals surface area contributed by atoms with Gasteiger partial charge >= 0.3 is 5.97 Å². The number of halogens is 2. The van der Waals surface area contributed by atoms with Gasteiger partial charge in [-0.3, -0.25) is 4.79 Å². The highest BCUT2D eigenvalue weighted by molar-refractivity contribution is 5.79. The molecule has 0 radical (unpaired) electrons. The van der Waals surface area contributed by atoms with Crippen LogP contribution in [0.25, 0.3) is 0 Å². The number of rotatable bonds is 8. The van der Waals surface area contributed by atoms with Gasteiger partial charge in [-0.05, 0) is 19.3 Å². The van der Waals surface area contributed by atoms with Gasteiger partial charge in [0, 0.05) is 13.0 Å². The number of carbonyl (C=O) groups excluding carboxylic acids is 1. The highest BCUT2D eigenvalue weighted by atomic mass is 19.3. The Morgan fingerprint density at radius 1 is 1.47 bits per heavy atom. The van der Waals surface area contributed by atoms with Gasteiger partial charge in [-0.1, -0.05) is 6.92 Å². The Morgan fingerprint density at radius 3 is 2.47 bits per heavy atom. The fraction of sp³-hybridized carbons (Fsp3) is 0.800. The van der Waals surface area contributed by atoms with Crippen molar-refractivity contribution < 1.29 is 23.5 Å². The van der Waals surface area contributed by atoms with Crippen molar-refractivity contribution >= 4 is 11.9 Å². The summed E-state index contributed by atoms with van der Waals surface area (Å²) < 4.78 is 24.9. The van der Waals surface area contributed by atoms with E-state index in [0.29, 0.717) is 12.8 Å². The molecule has 0 aliphatic heterocycles. The van der Waals surface area contributed by atoms with Crippen LogP contribution in [-0.2, 0) is 9.59 Å². The molecule has 0 heterocycles. The minimum atomic E-state index is -3.13. The van der Waals surface area contributed by atoms with Gasteiger partial charge in [0.05, 0.1) is 0 Å². The lowest BCUT2D eigenvalue weighted by molar-refractivity contribution is -0.150. The molecule has 1 unspecified atom stereocenters. The van der Waals surface area contributed by atoms with Crippen molar-refractivity contribution in [2.45, 2.75) is 44.6 Å². The molecule has 0 spiro atoms.